The molecule has 0 bridgehead atoms. The number of ether oxygens (including phenoxy) is 1. The van der Waals surface area contributed by atoms with Crippen molar-refractivity contribution in [3.8, 4) is 0 Å². The Bertz CT molecular complexity index is 485. The quantitative estimate of drug-likeness (QED) is 0.653. The van der Waals surface area contributed by atoms with Gasteiger partial charge in [0.1, 0.15) is 11.9 Å². The summed E-state index contributed by atoms with van der Waals surface area (Å²) < 4.78 is 18.0. The predicted molar refractivity (Wildman–Crippen MR) is 69.7 cm³/mol. The van der Waals surface area contributed by atoms with Gasteiger partial charge in [-0.25, -0.2) is 9.18 Å². The van der Waals surface area contributed by atoms with Crippen LogP contribution in [0.5, 0.6) is 0 Å². The lowest BCUT2D eigenvalue weighted by atomic mass is 10.2. The van der Waals surface area contributed by atoms with Crippen molar-refractivity contribution in [3.05, 3.63) is 41.7 Å². The van der Waals surface area contributed by atoms with Crippen molar-refractivity contribution >= 4 is 18.0 Å². The van der Waals surface area contributed by atoms with E-state index in [9.17, 15) is 14.0 Å². The summed E-state index contributed by atoms with van der Waals surface area (Å²) >= 11 is 0. The van der Waals surface area contributed by atoms with Crippen LogP contribution in [0, 0.1) is 5.82 Å². The van der Waals surface area contributed by atoms with E-state index in [-0.39, 0.29) is 6.61 Å². The average molecular weight is 265 g/mol. The molecule has 0 saturated carbocycles. The number of nitrogens with one attached hydrogen (secondary N) is 1. The molecule has 0 aliphatic carbocycles. The molecule has 1 N–H and O–H groups in total. The molecule has 0 aliphatic rings. The summed E-state index contributed by atoms with van der Waals surface area (Å²) in [5.41, 5.74) is 0.307. The summed E-state index contributed by atoms with van der Waals surface area (Å²) in [6.45, 7) is 3.46. The number of esters is 1. The van der Waals surface area contributed by atoms with Crippen LogP contribution in [0.15, 0.2) is 30.3 Å². The second kappa shape index (κ2) is 7.31. The normalized spacial score (nSPS) is 12.2. The first kappa shape index (κ1) is 14.9. The summed E-state index contributed by atoms with van der Waals surface area (Å²) in [6, 6.07) is 5.35. The molecule has 0 fully saturated rings. The Balaban J connectivity index is 2.56. The fourth-order valence-electron chi connectivity index (χ4n) is 1.36. The SMILES string of the molecule is CCOC(=O)C(C)NC(=O)/C=C/c1ccccc1F. The number of amides is 1. The lowest BCUT2D eigenvalue weighted by molar-refractivity contribution is -0.146. The zero-order valence-corrected chi connectivity index (χ0v) is 10.9. The van der Waals surface area contributed by atoms with Crippen LogP contribution in [0.2, 0.25) is 0 Å². The Labute approximate surface area is 111 Å². The maximum absolute atomic E-state index is 13.3. The molecule has 0 aliphatic heterocycles. The fourth-order valence-corrected chi connectivity index (χ4v) is 1.36. The van der Waals surface area contributed by atoms with Gasteiger partial charge in [-0.15, -0.1) is 0 Å². The second-order valence-electron chi connectivity index (χ2n) is 3.84. The van der Waals surface area contributed by atoms with Gasteiger partial charge in [0, 0.05) is 11.6 Å². The maximum atomic E-state index is 13.3. The van der Waals surface area contributed by atoms with Crippen LogP contribution in [0.3, 0.4) is 0 Å². The first-order valence-corrected chi connectivity index (χ1v) is 5.94. The van der Waals surface area contributed by atoms with Crippen molar-refractivity contribution in [3.63, 3.8) is 0 Å². The highest BCUT2D eigenvalue weighted by molar-refractivity contribution is 5.94. The standard InChI is InChI=1S/C14H16FNO3/c1-3-19-14(18)10(2)16-13(17)9-8-11-6-4-5-7-12(11)15/h4-10H,3H2,1-2H3,(H,16,17)/b9-8+. The molecule has 0 spiro atoms. The molecule has 1 amide bonds. The monoisotopic (exact) mass is 265 g/mol. The van der Waals surface area contributed by atoms with Crippen LogP contribution in [-0.2, 0) is 14.3 Å². The van der Waals surface area contributed by atoms with Gasteiger partial charge in [-0.2, -0.15) is 0 Å². The fraction of sp³-hybridized carbons (Fsp3) is 0.286. The highest BCUT2D eigenvalue weighted by Crippen LogP contribution is 2.07. The number of rotatable bonds is 5. The molecule has 102 valence electrons. The van der Waals surface area contributed by atoms with Gasteiger partial charge < -0.3 is 10.1 Å². The number of halogens is 1. The molecular formula is C14H16FNO3. The Morgan fingerprint density at radius 3 is 2.74 bits per heavy atom. The van der Waals surface area contributed by atoms with E-state index in [2.05, 4.69) is 5.32 Å². The molecule has 0 heterocycles. The summed E-state index contributed by atoms with van der Waals surface area (Å²) in [7, 11) is 0. The first-order chi connectivity index (χ1) is 9.04. The van der Waals surface area contributed by atoms with Gasteiger partial charge in [-0.1, -0.05) is 18.2 Å². The van der Waals surface area contributed by atoms with E-state index in [1.807, 2.05) is 0 Å². The number of hydrogen-bond acceptors (Lipinski definition) is 3. The van der Waals surface area contributed by atoms with Gasteiger partial charge >= 0.3 is 5.97 Å². The van der Waals surface area contributed by atoms with Crippen LogP contribution in [-0.4, -0.2) is 24.5 Å². The van der Waals surface area contributed by atoms with Gasteiger partial charge in [0.25, 0.3) is 0 Å². The zero-order valence-electron chi connectivity index (χ0n) is 10.9. The van der Waals surface area contributed by atoms with Gasteiger partial charge in [0.2, 0.25) is 5.91 Å². The van der Waals surface area contributed by atoms with Crippen molar-refractivity contribution in [2.45, 2.75) is 19.9 Å². The Morgan fingerprint density at radius 1 is 1.42 bits per heavy atom. The van der Waals surface area contributed by atoms with E-state index in [1.165, 1.54) is 25.1 Å². The predicted octanol–water partition coefficient (Wildman–Crippen LogP) is 1.91. The summed E-state index contributed by atoms with van der Waals surface area (Å²) in [6.07, 6.45) is 2.52. The average Bonchev–Trinajstić information content (AvgIpc) is 2.38. The Morgan fingerprint density at radius 2 is 2.11 bits per heavy atom. The van der Waals surface area contributed by atoms with Crippen molar-refractivity contribution in [2.75, 3.05) is 6.61 Å². The summed E-state index contributed by atoms with van der Waals surface area (Å²) in [5.74, 6) is -1.40. The molecule has 19 heavy (non-hydrogen) atoms. The summed E-state index contributed by atoms with van der Waals surface area (Å²) in [5, 5.41) is 2.43. The molecule has 0 radical (unpaired) electrons. The van der Waals surface area contributed by atoms with Crippen LogP contribution in [0.1, 0.15) is 19.4 Å². The molecule has 1 rings (SSSR count). The van der Waals surface area contributed by atoms with E-state index < -0.39 is 23.7 Å². The van der Waals surface area contributed by atoms with E-state index in [0.717, 1.165) is 0 Å². The number of carbonyl (C=O) groups is 2. The molecule has 1 aromatic carbocycles. The molecule has 1 aromatic rings. The molecule has 0 saturated heterocycles. The van der Waals surface area contributed by atoms with E-state index in [4.69, 9.17) is 4.74 Å². The van der Waals surface area contributed by atoms with Gasteiger partial charge in [-0.05, 0) is 26.0 Å². The van der Waals surface area contributed by atoms with Gasteiger partial charge in [0.15, 0.2) is 0 Å². The minimum Gasteiger partial charge on any atom is -0.464 e. The largest absolute Gasteiger partial charge is 0.464 e. The molecule has 4 nitrogen and oxygen atoms in total. The highest BCUT2D eigenvalue weighted by atomic mass is 19.1. The molecule has 1 atom stereocenters. The minimum absolute atomic E-state index is 0.254. The van der Waals surface area contributed by atoms with Crippen molar-refractivity contribution in [1.29, 1.82) is 0 Å². The van der Waals surface area contributed by atoms with Crippen LogP contribution < -0.4 is 5.32 Å². The van der Waals surface area contributed by atoms with Gasteiger partial charge in [0.05, 0.1) is 6.61 Å². The van der Waals surface area contributed by atoms with Crippen LogP contribution in [0.4, 0.5) is 4.39 Å². The second-order valence-corrected chi connectivity index (χ2v) is 3.84. The first-order valence-electron chi connectivity index (χ1n) is 5.94. The van der Waals surface area contributed by atoms with E-state index >= 15 is 0 Å². The third-order valence-corrected chi connectivity index (χ3v) is 2.32. The van der Waals surface area contributed by atoms with E-state index in [1.54, 1.807) is 25.1 Å². The summed E-state index contributed by atoms with van der Waals surface area (Å²) in [4.78, 5) is 22.8. The van der Waals surface area contributed by atoms with Gasteiger partial charge in [-0.3, -0.25) is 4.79 Å². The lowest BCUT2D eigenvalue weighted by Gasteiger charge is -2.10. The van der Waals surface area contributed by atoms with E-state index in [0.29, 0.717) is 5.56 Å². The smallest absolute Gasteiger partial charge is 0.328 e. The lowest BCUT2D eigenvalue weighted by Crippen LogP contribution is -2.38. The third kappa shape index (κ3) is 4.91. The Kier molecular flexibility index (Phi) is 5.73. The number of hydrogen-bond donors (Lipinski definition) is 1. The molecule has 0 aromatic heterocycles. The maximum Gasteiger partial charge on any atom is 0.328 e. The zero-order chi connectivity index (χ0) is 14.3. The van der Waals surface area contributed by atoms with Crippen molar-refractivity contribution < 1.29 is 18.7 Å². The molecular weight excluding hydrogens is 249 g/mol. The van der Waals surface area contributed by atoms with Crippen molar-refractivity contribution in [2.24, 2.45) is 0 Å². The molecule has 1 unspecified atom stereocenters. The van der Waals surface area contributed by atoms with Crippen LogP contribution in [0.25, 0.3) is 6.08 Å². The highest BCUT2D eigenvalue weighted by Gasteiger charge is 2.14. The number of carbonyl (C=O) groups excluding carboxylic acids is 2. The minimum atomic E-state index is -0.738. The third-order valence-electron chi connectivity index (χ3n) is 2.32. The van der Waals surface area contributed by atoms with Crippen molar-refractivity contribution in [1.82, 2.24) is 5.32 Å². The van der Waals surface area contributed by atoms with Crippen LogP contribution >= 0.6 is 0 Å². The molecule has 5 heteroatoms. The number of benzene rings is 1. The Hall–Kier alpha value is -2.17. The topological polar surface area (TPSA) is 55.4 Å².